The van der Waals surface area contributed by atoms with Crippen molar-refractivity contribution in [1.29, 1.82) is 0 Å². The molecule has 18 heavy (non-hydrogen) atoms. The number of nitrogens with zero attached hydrogens (tertiary/aromatic N) is 1. The second-order valence-electron chi connectivity index (χ2n) is 4.42. The lowest BCUT2D eigenvalue weighted by atomic mass is 10.2. The molecule has 5 heteroatoms. The van der Waals surface area contributed by atoms with Crippen LogP contribution in [0.3, 0.4) is 0 Å². The van der Waals surface area contributed by atoms with Crippen molar-refractivity contribution in [3.05, 3.63) is 28.5 Å². The van der Waals surface area contributed by atoms with Crippen LogP contribution in [0.15, 0.2) is 22.8 Å². The van der Waals surface area contributed by atoms with E-state index in [9.17, 15) is 4.79 Å². The predicted octanol–water partition coefficient (Wildman–Crippen LogP) is 3.25. The Morgan fingerprint density at radius 2 is 2.39 bits per heavy atom. The number of carbonyl (C=O) groups is 1. The quantitative estimate of drug-likeness (QED) is 0.922. The maximum Gasteiger partial charge on any atom is 0.270 e. The summed E-state index contributed by atoms with van der Waals surface area (Å²) in [5, 5.41) is 3.78. The molecule has 0 aromatic carbocycles. The molecule has 1 fully saturated rings. The van der Waals surface area contributed by atoms with Gasteiger partial charge in [-0.15, -0.1) is 0 Å². The largest absolute Gasteiger partial charge is 0.348 e. The predicted molar refractivity (Wildman–Crippen MR) is 79.0 cm³/mol. The van der Waals surface area contributed by atoms with Crippen molar-refractivity contribution in [2.45, 2.75) is 37.5 Å². The summed E-state index contributed by atoms with van der Waals surface area (Å²) in [5.41, 5.74) is 0.491. The van der Waals surface area contributed by atoms with Gasteiger partial charge in [0.2, 0.25) is 0 Å². The number of rotatable bonds is 4. The first-order chi connectivity index (χ1) is 8.69. The van der Waals surface area contributed by atoms with Crippen LogP contribution in [0.4, 0.5) is 0 Å². The minimum atomic E-state index is -0.0605. The fourth-order valence-corrected chi connectivity index (χ4v) is 3.60. The second kappa shape index (κ2) is 6.57. The Morgan fingerprint density at radius 1 is 1.56 bits per heavy atom. The van der Waals surface area contributed by atoms with Gasteiger partial charge in [0, 0.05) is 22.0 Å². The fourth-order valence-electron chi connectivity index (χ4n) is 2.23. The third-order valence-corrected chi connectivity index (χ3v) is 4.78. The molecule has 2 unspecified atom stereocenters. The molecule has 0 spiro atoms. The summed E-state index contributed by atoms with van der Waals surface area (Å²) in [6.45, 7) is 2.18. The van der Waals surface area contributed by atoms with E-state index in [0.29, 0.717) is 17.0 Å². The van der Waals surface area contributed by atoms with Crippen molar-refractivity contribution < 1.29 is 4.79 Å². The number of pyridine rings is 1. The van der Waals surface area contributed by atoms with Crippen LogP contribution < -0.4 is 5.32 Å². The Balaban J connectivity index is 1.87. The van der Waals surface area contributed by atoms with E-state index in [1.54, 1.807) is 12.3 Å². The molecule has 2 atom stereocenters. The summed E-state index contributed by atoms with van der Waals surface area (Å²) in [4.78, 5) is 16.1. The van der Waals surface area contributed by atoms with Gasteiger partial charge in [-0.2, -0.15) is 11.8 Å². The van der Waals surface area contributed by atoms with Gasteiger partial charge in [0.25, 0.3) is 5.91 Å². The van der Waals surface area contributed by atoms with Gasteiger partial charge in [-0.05, 0) is 53.1 Å². The highest BCUT2D eigenvalue weighted by molar-refractivity contribution is 9.10. The highest BCUT2D eigenvalue weighted by atomic mass is 79.9. The molecule has 1 aliphatic carbocycles. The monoisotopic (exact) mass is 328 g/mol. The first-order valence-electron chi connectivity index (χ1n) is 6.23. The molecule has 0 radical (unpaired) electrons. The molecule has 1 amide bonds. The molecule has 0 bridgehead atoms. The molecule has 1 aromatic rings. The first-order valence-corrected chi connectivity index (χ1v) is 8.07. The summed E-state index contributed by atoms with van der Waals surface area (Å²) < 4.78 is 0.888. The van der Waals surface area contributed by atoms with Gasteiger partial charge in [-0.3, -0.25) is 4.79 Å². The Bertz CT molecular complexity index is 410. The van der Waals surface area contributed by atoms with E-state index in [1.807, 2.05) is 17.8 Å². The van der Waals surface area contributed by atoms with E-state index in [-0.39, 0.29) is 5.91 Å². The van der Waals surface area contributed by atoms with Gasteiger partial charge in [0.1, 0.15) is 5.69 Å². The zero-order valence-corrected chi connectivity index (χ0v) is 12.8. The van der Waals surface area contributed by atoms with E-state index in [4.69, 9.17) is 0 Å². The molecule has 1 N–H and O–H groups in total. The van der Waals surface area contributed by atoms with Crippen molar-refractivity contribution in [2.75, 3.05) is 5.75 Å². The van der Waals surface area contributed by atoms with Crippen LogP contribution in [-0.4, -0.2) is 27.9 Å². The summed E-state index contributed by atoms with van der Waals surface area (Å²) in [5.74, 6) is 1.09. The Morgan fingerprint density at radius 3 is 3.06 bits per heavy atom. The van der Waals surface area contributed by atoms with Crippen LogP contribution in [0.25, 0.3) is 0 Å². The number of amides is 1. The minimum absolute atomic E-state index is 0.0605. The molecule has 1 saturated carbocycles. The molecule has 0 saturated heterocycles. The van der Waals surface area contributed by atoms with E-state index >= 15 is 0 Å². The molecular weight excluding hydrogens is 312 g/mol. The Labute approximate surface area is 120 Å². The van der Waals surface area contributed by atoms with E-state index < -0.39 is 0 Å². The summed E-state index contributed by atoms with van der Waals surface area (Å²) in [6, 6.07) is 3.89. The van der Waals surface area contributed by atoms with E-state index in [1.165, 1.54) is 6.42 Å². The van der Waals surface area contributed by atoms with Crippen LogP contribution in [0.5, 0.6) is 0 Å². The van der Waals surface area contributed by atoms with Crippen molar-refractivity contribution >= 4 is 33.6 Å². The Hall–Kier alpha value is -0.550. The molecule has 1 aliphatic rings. The smallest absolute Gasteiger partial charge is 0.270 e. The van der Waals surface area contributed by atoms with Crippen LogP contribution in [0, 0.1) is 0 Å². The van der Waals surface area contributed by atoms with Gasteiger partial charge in [0.15, 0.2) is 0 Å². The highest BCUT2D eigenvalue weighted by Gasteiger charge is 2.26. The standard InChI is InChI=1S/C13H17BrN2OS/c1-2-18-11-5-4-10(7-11)16-13(17)12-6-3-9(14)8-15-12/h3,6,8,10-11H,2,4-5,7H2,1H3,(H,16,17). The minimum Gasteiger partial charge on any atom is -0.348 e. The van der Waals surface area contributed by atoms with E-state index in [0.717, 1.165) is 23.1 Å². The number of halogens is 1. The van der Waals surface area contributed by atoms with Gasteiger partial charge in [-0.25, -0.2) is 4.98 Å². The number of thioether (sulfide) groups is 1. The van der Waals surface area contributed by atoms with Gasteiger partial charge >= 0.3 is 0 Å². The van der Waals surface area contributed by atoms with Crippen LogP contribution >= 0.6 is 27.7 Å². The molecule has 2 rings (SSSR count). The molecule has 1 heterocycles. The number of hydrogen-bond donors (Lipinski definition) is 1. The summed E-state index contributed by atoms with van der Waals surface area (Å²) in [6.07, 6.45) is 5.03. The molecule has 1 aromatic heterocycles. The molecule has 0 aliphatic heterocycles. The van der Waals surface area contributed by atoms with Crippen molar-refractivity contribution in [2.24, 2.45) is 0 Å². The summed E-state index contributed by atoms with van der Waals surface area (Å²) in [7, 11) is 0. The van der Waals surface area contributed by atoms with Gasteiger partial charge < -0.3 is 5.32 Å². The van der Waals surface area contributed by atoms with Crippen molar-refractivity contribution in [1.82, 2.24) is 10.3 Å². The molecular formula is C13H17BrN2OS. The van der Waals surface area contributed by atoms with Gasteiger partial charge in [-0.1, -0.05) is 6.92 Å². The number of hydrogen-bond acceptors (Lipinski definition) is 3. The number of carbonyl (C=O) groups excluding carboxylic acids is 1. The van der Waals surface area contributed by atoms with Crippen LogP contribution in [-0.2, 0) is 0 Å². The van der Waals surface area contributed by atoms with E-state index in [2.05, 4.69) is 33.2 Å². The summed E-state index contributed by atoms with van der Waals surface area (Å²) >= 11 is 5.31. The Kier molecular flexibility index (Phi) is 5.06. The third kappa shape index (κ3) is 3.72. The topological polar surface area (TPSA) is 42.0 Å². The zero-order chi connectivity index (χ0) is 13.0. The molecule has 98 valence electrons. The van der Waals surface area contributed by atoms with Crippen LogP contribution in [0.1, 0.15) is 36.7 Å². The van der Waals surface area contributed by atoms with Crippen LogP contribution in [0.2, 0.25) is 0 Å². The number of aromatic nitrogens is 1. The third-order valence-electron chi connectivity index (χ3n) is 3.08. The second-order valence-corrected chi connectivity index (χ2v) is 6.92. The number of nitrogens with one attached hydrogen (secondary N) is 1. The first kappa shape index (κ1) is 13.9. The lowest BCUT2D eigenvalue weighted by molar-refractivity contribution is 0.0933. The van der Waals surface area contributed by atoms with Crippen molar-refractivity contribution in [3.8, 4) is 0 Å². The van der Waals surface area contributed by atoms with Crippen molar-refractivity contribution in [3.63, 3.8) is 0 Å². The average molecular weight is 329 g/mol. The maximum absolute atomic E-state index is 12.0. The average Bonchev–Trinajstić information content (AvgIpc) is 2.78. The molecule has 3 nitrogen and oxygen atoms in total. The SMILES string of the molecule is CCSC1CCC(NC(=O)c2ccc(Br)cn2)C1. The lowest BCUT2D eigenvalue weighted by Crippen LogP contribution is -2.33. The zero-order valence-electron chi connectivity index (χ0n) is 10.4. The highest BCUT2D eigenvalue weighted by Crippen LogP contribution is 2.29. The van der Waals surface area contributed by atoms with Gasteiger partial charge in [0.05, 0.1) is 0 Å². The fraction of sp³-hybridized carbons (Fsp3) is 0.538. The maximum atomic E-state index is 12.0. The lowest BCUT2D eigenvalue weighted by Gasteiger charge is -2.12. The normalized spacial score (nSPS) is 23.0.